The summed E-state index contributed by atoms with van der Waals surface area (Å²) in [5, 5.41) is 16.9. The van der Waals surface area contributed by atoms with Crippen LogP contribution in [0.15, 0.2) is 30.7 Å². The van der Waals surface area contributed by atoms with E-state index in [1.54, 1.807) is 50.0 Å². The minimum absolute atomic E-state index is 0.0843. The number of fused-ring (bicyclic) bond motifs is 1. The Hall–Kier alpha value is -4.15. The molecule has 188 valence electrons. The molecule has 2 aromatic heterocycles. The third kappa shape index (κ3) is 4.00. The van der Waals surface area contributed by atoms with Crippen molar-refractivity contribution in [1.82, 2.24) is 14.1 Å². The summed E-state index contributed by atoms with van der Waals surface area (Å²) in [7, 11) is 0. The van der Waals surface area contributed by atoms with E-state index in [2.05, 4.69) is 4.98 Å². The largest absolute Gasteiger partial charge is 0.493 e. The molecule has 0 aliphatic carbocycles. The number of imidazole rings is 1. The first-order valence-electron chi connectivity index (χ1n) is 11.5. The molecular formula is C25H27FN6O4. The van der Waals surface area contributed by atoms with Gasteiger partial charge < -0.3 is 18.8 Å². The van der Waals surface area contributed by atoms with Gasteiger partial charge >= 0.3 is 6.09 Å². The Morgan fingerprint density at radius 2 is 1.97 bits per heavy atom. The van der Waals surface area contributed by atoms with Gasteiger partial charge in [0, 0.05) is 23.4 Å². The Balaban J connectivity index is 1.76. The number of carbonyl (C=O) groups excluding carboxylic acids is 1. The van der Waals surface area contributed by atoms with Crippen molar-refractivity contribution >= 4 is 18.2 Å². The molecule has 0 spiro atoms. The molecular weight excluding hydrogens is 467 g/mol. The van der Waals surface area contributed by atoms with Crippen molar-refractivity contribution in [1.29, 1.82) is 10.8 Å². The van der Waals surface area contributed by atoms with E-state index in [4.69, 9.17) is 25.0 Å². The molecule has 0 radical (unpaired) electrons. The molecule has 10 nitrogen and oxygen atoms in total. The van der Waals surface area contributed by atoms with Crippen molar-refractivity contribution < 1.29 is 23.4 Å². The van der Waals surface area contributed by atoms with Gasteiger partial charge in [-0.1, -0.05) is 0 Å². The summed E-state index contributed by atoms with van der Waals surface area (Å²) in [6.45, 7) is 7.28. The van der Waals surface area contributed by atoms with Gasteiger partial charge in [-0.15, -0.1) is 0 Å². The molecule has 0 saturated carbocycles. The molecule has 1 amide bonds. The van der Waals surface area contributed by atoms with Gasteiger partial charge in [-0.2, -0.15) is 0 Å². The standard InChI is InChI=1S/C25H27FN6O4/c1-14-8-30(13-29-14)18-7-20-23(32(12-27)22(18)28)31(24(33)36-25(2,3)4)9-16-17(26)5-6-19-21(16)15(10-34-19)11-35-20/h5-8,12-13,15,27-28H,9-11H2,1-4H3/t15-/m1/s1. The van der Waals surface area contributed by atoms with E-state index < -0.39 is 17.5 Å². The molecule has 2 aliphatic rings. The molecule has 0 saturated heterocycles. The number of aryl methyl sites for hydroxylation is 1. The maximum atomic E-state index is 15.2. The Kier molecular flexibility index (Phi) is 5.57. The van der Waals surface area contributed by atoms with Crippen molar-refractivity contribution in [3.63, 3.8) is 0 Å². The lowest BCUT2D eigenvalue weighted by atomic mass is 9.95. The normalized spacial score (nSPS) is 16.6. The number of rotatable bonds is 2. The lowest BCUT2D eigenvalue weighted by molar-refractivity contribution is 0.0574. The van der Waals surface area contributed by atoms with E-state index in [1.165, 1.54) is 15.5 Å². The van der Waals surface area contributed by atoms with Gasteiger partial charge in [-0.3, -0.25) is 20.3 Å². The van der Waals surface area contributed by atoms with Gasteiger partial charge in [-0.05, 0) is 39.8 Å². The zero-order valence-electron chi connectivity index (χ0n) is 20.5. The smallest absolute Gasteiger partial charge is 0.416 e. The van der Waals surface area contributed by atoms with Crippen LogP contribution in [0.5, 0.6) is 11.5 Å². The molecule has 2 N–H and O–H groups in total. The number of amides is 1. The predicted octanol–water partition coefficient (Wildman–Crippen LogP) is 3.87. The topological polar surface area (TPSA) is 118 Å². The molecule has 3 aromatic rings. The number of nitrogens with one attached hydrogen (secondary N) is 2. The summed E-state index contributed by atoms with van der Waals surface area (Å²) >= 11 is 0. The van der Waals surface area contributed by atoms with Gasteiger partial charge in [0.25, 0.3) is 0 Å². The first kappa shape index (κ1) is 23.6. The number of benzene rings is 1. The summed E-state index contributed by atoms with van der Waals surface area (Å²) in [6.07, 6.45) is 3.47. The Morgan fingerprint density at radius 1 is 1.25 bits per heavy atom. The van der Waals surface area contributed by atoms with Crippen LogP contribution in [0.1, 0.15) is 43.5 Å². The number of halogens is 1. The van der Waals surface area contributed by atoms with E-state index in [1.807, 2.05) is 6.92 Å². The quantitative estimate of drug-likeness (QED) is 0.414. The second kappa shape index (κ2) is 8.51. The highest BCUT2D eigenvalue weighted by Gasteiger charge is 2.36. The summed E-state index contributed by atoms with van der Waals surface area (Å²) in [4.78, 5) is 19.0. The molecule has 11 heteroatoms. The average molecular weight is 495 g/mol. The minimum Gasteiger partial charge on any atom is -0.493 e. The van der Waals surface area contributed by atoms with Crippen LogP contribution < -0.4 is 19.9 Å². The zero-order chi connectivity index (χ0) is 25.8. The number of hydrogen-bond donors (Lipinski definition) is 2. The third-order valence-corrected chi connectivity index (χ3v) is 6.05. The average Bonchev–Trinajstić information content (AvgIpc) is 3.43. The molecule has 4 heterocycles. The molecule has 5 rings (SSSR count). The Morgan fingerprint density at radius 3 is 2.61 bits per heavy atom. The first-order valence-corrected chi connectivity index (χ1v) is 11.5. The number of pyridine rings is 1. The van der Waals surface area contributed by atoms with Crippen LogP contribution in [0.3, 0.4) is 0 Å². The third-order valence-electron chi connectivity index (χ3n) is 6.05. The number of nitrogens with zero attached hydrogens (tertiary/aromatic N) is 4. The zero-order valence-corrected chi connectivity index (χ0v) is 20.5. The van der Waals surface area contributed by atoms with E-state index in [0.717, 1.165) is 12.0 Å². The number of aromatic nitrogens is 3. The van der Waals surface area contributed by atoms with Crippen LogP contribution in [0.4, 0.5) is 15.0 Å². The van der Waals surface area contributed by atoms with Gasteiger partial charge in [0.1, 0.15) is 17.2 Å². The lowest BCUT2D eigenvalue weighted by Gasteiger charge is -2.30. The molecule has 0 bridgehead atoms. The maximum absolute atomic E-state index is 15.2. The minimum atomic E-state index is -0.840. The summed E-state index contributed by atoms with van der Waals surface area (Å²) in [5.41, 5.74) is 1.15. The lowest BCUT2D eigenvalue weighted by Crippen LogP contribution is -2.40. The Labute approximate surface area is 206 Å². The van der Waals surface area contributed by atoms with Crippen LogP contribution in [0, 0.1) is 23.6 Å². The van der Waals surface area contributed by atoms with Crippen molar-refractivity contribution in [2.24, 2.45) is 0 Å². The fourth-order valence-corrected chi connectivity index (χ4v) is 4.50. The van der Waals surface area contributed by atoms with Crippen LogP contribution in [0.2, 0.25) is 0 Å². The second-order valence-electron chi connectivity index (χ2n) is 9.81. The highest BCUT2D eigenvalue weighted by atomic mass is 19.1. The highest BCUT2D eigenvalue weighted by Crippen LogP contribution is 2.42. The van der Waals surface area contributed by atoms with E-state index in [-0.39, 0.29) is 41.7 Å². The fraction of sp³-hybridized carbons (Fsp3) is 0.360. The predicted molar refractivity (Wildman–Crippen MR) is 129 cm³/mol. The molecule has 0 unspecified atom stereocenters. The van der Waals surface area contributed by atoms with E-state index in [9.17, 15) is 4.79 Å². The summed E-state index contributed by atoms with van der Waals surface area (Å²) in [5.74, 6) is 0.136. The molecule has 2 aliphatic heterocycles. The number of anilines is 1. The number of ether oxygens (including phenoxy) is 3. The summed E-state index contributed by atoms with van der Waals surface area (Å²) < 4.78 is 35.8. The maximum Gasteiger partial charge on any atom is 0.416 e. The first-order chi connectivity index (χ1) is 17.1. The van der Waals surface area contributed by atoms with E-state index in [0.29, 0.717) is 23.6 Å². The van der Waals surface area contributed by atoms with Crippen molar-refractivity contribution in [3.8, 4) is 17.2 Å². The van der Waals surface area contributed by atoms with Gasteiger partial charge in [-0.25, -0.2) is 14.2 Å². The van der Waals surface area contributed by atoms with Crippen LogP contribution >= 0.6 is 0 Å². The summed E-state index contributed by atoms with van der Waals surface area (Å²) in [6, 6.07) is 4.52. The van der Waals surface area contributed by atoms with Crippen molar-refractivity contribution in [3.05, 3.63) is 58.8 Å². The fourth-order valence-electron chi connectivity index (χ4n) is 4.50. The van der Waals surface area contributed by atoms with Crippen LogP contribution in [-0.4, -0.2) is 45.4 Å². The van der Waals surface area contributed by atoms with E-state index >= 15 is 4.39 Å². The number of carbonyl (C=O) groups is 1. The monoisotopic (exact) mass is 494 g/mol. The highest BCUT2D eigenvalue weighted by molar-refractivity contribution is 5.91. The number of hydrogen-bond acceptors (Lipinski definition) is 7. The van der Waals surface area contributed by atoms with Crippen molar-refractivity contribution in [2.45, 2.75) is 45.8 Å². The Bertz CT molecular complexity index is 1440. The SMILES string of the molecule is Cc1cn(-c2cc3c(n(C=N)c2=N)N(C(=O)OC(C)(C)C)Cc2c(F)ccc4c2[C@H](CO4)CO3)cn1. The van der Waals surface area contributed by atoms with Gasteiger partial charge in [0.2, 0.25) is 0 Å². The molecule has 0 fully saturated rings. The molecule has 36 heavy (non-hydrogen) atoms. The van der Waals surface area contributed by atoms with Crippen molar-refractivity contribution in [2.75, 3.05) is 18.1 Å². The second-order valence-corrected chi connectivity index (χ2v) is 9.81. The molecule has 1 atom stereocenters. The van der Waals surface area contributed by atoms with Crippen LogP contribution in [0.25, 0.3) is 5.69 Å². The molecule has 1 aromatic carbocycles. The van der Waals surface area contributed by atoms with Crippen LogP contribution in [-0.2, 0) is 11.3 Å². The van der Waals surface area contributed by atoms with Gasteiger partial charge in [0.15, 0.2) is 17.1 Å². The van der Waals surface area contributed by atoms with Gasteiger partial charge in [0.05, 0.1) is 49.7 Å².